The summed E-state index contributed by atoms with van der Waals surface area (Å²) in [7, 11) is -4.02. The number of rotatable bonds is 13. The molecule has 0 unspecified atom stereocenters. The Morgan fingerprint density at radius 1 is 0.865 bits per heavy atom. The van der Waals surface area contributed by atoms with Gasteiger partial charge in [-0.25, -0.2) is 13.8 Å². The third kappa shape index (κ3) is 8.27. The van der Waals surface area contributed by atoms with E-state index < -0.39 is 33.9 Å². The van der Waals surface area contributed by atoms with Crippen LogP contribution in [0.2, 0.25) is 0 Å². The summed E-state index contributed by atoms with van der Waals surface area (Å²) in [4.78, 5) is 31.3. The van der Waals surface area contributed by atoms with Gasteiger partial charge in [0.2, 0.25) is 11.8 Å². The second-order valence-electron chi connectivity index (χ2n) is 8.41. The van der Waals surface area contributed by atoms with E-state index in [-0.39, 0.29) is 30.2 Å². The van der Waals surface area contributed by atoms with Crippen LogP contribution in [-0.4, -0.2) is 44.8 Å². The number of sulfonamides is 1. The number of hydrogen-bond acceptors (Lipinski definition) is 6. The summed E-state index contributed by atoms with van der Waals surface area (Å²) in [5.74, 6) is -1.42. The first-order valence-electron chi connectivity index (χ1n) is 11.6. The molecule has 2 atom stereocenters. The quantitative estimate of drug-likeness (QED) is 0.0796. The Morgan fingerprint density at radius 3 is 2.22 bits per heavy atom. The molecule has 9 N–H and O–H groups in total. The molecule has 37 heavy (non-hydrogen) atoms. The fourth-order valence-electron chi connectivity index (χ4n) is 3.66. The maximum absolute atomic E-state index is 13.1. The molecule has 3 aromatic rings. The van der Waals surface area contributed by atoms with E-state index >= 15 is 0 Å². The number of hydrogen-bond donors (Lipinski definition) is 6. The van der Waals surface area contributed by atoms with Crippen LogP contribution < -0.4 is 32.8 Å². The van der Waals surface area contributed by atoms with E-state index in [1.807, 2.05) is 48.5 Å². The molecule has 0 bridgehead atoms. The summed E-state index contributed by atoms with van der Waals surface area (Å²) in [5, 5.41) is 4.26. The maximum Gasteiger partial charge on any atom is 0.253 e. The first kappa shape index (κ1) is 27.6. The third-order valence-corrected chi connectivity index (χ3v) is 6.86. The summed E-state index contributed by atoms with van der Waals surface area (Å²) in [6.07, 6.45) is 0.714. The van der Waals surface area contributed by atoms with Gasteiger partial charge < -0.3 is 22.5 Å². The SMILES string of the molecule is NC(=O)[C@H](Cc1ccccc1)NC(=O)[C@H](CCCN=C(N)N)NNS(=O)(=O)c1ccc2ccccc2c1. The number of benzene rings is 3. The van der Waals surface area contributed by atoms with Crippen LogP contribution in [0, 0.1) is 0 Å². The molecule has 2 amide bonds. The number of carbonyl (C=O) groups excluding carboxylic acids is 2. The van der Waals surface area contributed by atoms with Crippen LogP contribution in [0.15, 0.2) is 82.7 Å². The number of amides is 2. The lowest BCUT2D eigenvalue weighted by atomic mass is 10.0. The molecule has 12 heteroatoms. The van der Waals surface area contributed by atoms with Gasteiger partial charge in [0.15, 0.2) is 5.96 Å². The molecular weight excluding hydrogens is 494 g/mol. The van der Waals surface area contributed by atoms with Crippen molar-refractivity contribution in [1.29, 1.82) is 0 Å². The number of hydrazine groups is 1. The Hall–Kier alpha value is -4.00. The molecule has 0 saturated heterocycles. The zero-order chi connectivity index (χ0) is 26.8. The largest absolute Gasteiger partial charge is 0.370 e. The molecule has 0 heterocycles. The Kier molecular flexibility index (Phi) is 9.55. The minimum atomic E-state index is -4.02. The van der Waals surface area contributed by atoms with Crippen molar-refractivity contribution in [2.24, 2.45) is 22.2 Å². The van der Waals surface area contributed by atoms with Crippen LogP contribution in [0.4, 0.5) is 0 Å². The first-order chi connectivity index (χ1) is 17.7. The molecule has 0 aliphatic carbocycles. The van der Waals surface area contributed by atoms with E-state index in [0.29, 0.717) is 6.42 Å². The molecule has 3 aromatic carbocycles. The van der Waals surface area contributed by atoms with Gasteiger partial charge in [-0.05, 0) is 41.3 Å². The number of guanidine groups is 1. The predicted octanol–water partition coefficient (Wildman–Crippen LogP) is 0.258. The van der Waals surface area contributed by atoms with Gasteiger partial charge in [-0.1, -0.05) is 60.7 Å². The summed E-state index contributed by atoms with van der Waals surface area (Å²) in [5.41, 5.74) is 19.6. The Bertz CT molecular complexity index is 1360. The molecule has 0 aliphatic rings. The number of fused-ring (bicyclic) bond motifs is 1. The fourth-order valence-corrected chi connectivity index (χ4v) is 4.60. The number of aliphatic imine (C=N–C) groups is 1. The summed E-state index contributed by atoms with van der Waals surface area (Å²) in [6.45, 7) is 0.231. The molecule has 0 aromatic heterocycles. The highest BCUT2D eigenvalue weighted by molar-refractivity contribution is 7.89. The third-order valence-electron chi connectivity index (χ3n) is 5.60. The monoisotopic (exact) mass is 525 g/mol. The molecule has 0 aliphatic heterocycles. The van der Waals surface area contributed by atoms with Crippen molar-refractivity contribution >= 4 is 38.6 Å². The summed E-state index contributed by atoms with van der Waals surface area (Å²) in [6, 6.07) is 19.1. The number of primary amides is 1. The van der Waals surface area contributed by atoms with E-state index in [2.05, 4.69) is 20.6 Å². The second kappa shape index (κ2) is 12.8. The van der Waals surface area contributed by atoms with E-state index in [0.717, 1.165) is 16.3 Å². The lowest BCUT2D eigenvalue weighted by Crippen LogP contribution is -2.56. The lowest BCUT2D eigenvalue weighted by molar-refractivity contribution is -0.128. The first-order valence-corrected chi connectivity index (χ1v) is 13.1. The van der Waals surface area contributed by atoms with Crippen LogP contribution in [0.25, 0.3) is 10.8 Å². The Labute approximate surface area is 215 Å². The minimum absolute atomic E-state index is 0.0254. The van der Waals surface area contributed by atoms with Gasteiger partial charge in [0.1, 0.15) is 12.1 Å². The van der Waals surface area contributed by atoms with Crippen LogP contribution in [0.1, 0.15) is 18.4 Å². The molecule has 196 valence electrons. The number of nitrogens with zero attached hydrogens (tertiary/aromatic N) is 1. The highest BCUT2D eigenvalue weighted by Gasteiger charge is 2.26. The van der Waals surface area contributed by atoms with Crippen molar-refractivity contribution < 1.29 is 18.0 Å². The van der Waals surface area contributed by atoms with Crippen LogP contribution in [0.5, 0.6) is 0 Å². The minimum Gasteiger partial charge on any atom is -0.370 e. The van der Waals surface area contributed by atoms with E-state index in [1.165, 1.54) is 12.1 Å². The average Bonchev–Trinajstić information content (AvgIpc) is 2.87. The molecule has 0 radical (unpaired) electrons. The Balaban J connectivity index is 1.73. The lowest BCUT2D eigenvalue weighted by Gasteiger charge is -2.22. The van der Waals surface area contributed by atoms with Gasteiger partial charge in [0.05, 0.1) is 4.90 Å². The maximum atomic E-state index is 13.1. The molecule has 11 nitrogen and oxygen atoms in total. The van der Waals surface area contributed by atoms with Gasteiger partial charge in [-0.2, -0.15) is 0 Å². The van der Waals surface area contributed by atoms with Crippen LogP contribution in [0.3, 0.4) is 0 Å². The van der Waals surface area contributed by atoms with E-state index in [4.69, 9.17) is 17.2 Å². The van der Waals surface area contributed by atoms with E-state index in [9.17, 15) is 18.0 Å². The average molecular weight is 526 g/mol. The number of carbonyl (C=O) groups is 2. The predicted molar refractivity (Wildman–Crippen MR) is 142 cm³/mol. The topological polar surface area (TPSA) is 195 Å². The molecular formula is C25H31N7O4S. The van der Waals surface area contributed by atoms with Crippen molar-refractivity contribution in [1.82, 2.24) is 15.6 Å². The standard InChI is InChI=1S/C25H31N7O4S/c26-23(33)22(15-17-7-2-1-3-8-17)30-24(34)21(11-6-14-29-25(27)28)31-32-37(35,36)20-13-12-18-9-4-5-10-19(18)16-20/h1-5,7-10,12-13,16,21-22,31-32H,6,11,14-15H2,(H2,26,33)(H,30,34)(H4,27,28,29)/t21-,22-/m0/s1. The van der Waals surface area contributed by atoms with Gasteiger partial charge in [-0.3, -0.25) is 14.6 Å². The highest BCUT2D eigenvalue weighted by Crippen LogP contribution is 2.18. The van der Waals surface area contributed by atoms with Gasteiger partial charge in [-0.15, -0.1) is 4.83 Å². The summed E-state index contributed by atoms with van der Waals surface area (Å²) >= 11 is 0. The van der Waals surface area contributed by atoms with Gasteiger partial charge in [0.25, 0.3) is 10.0 Å². The molecule has 3 rings (SSSR count). The highest BCUT2D eigenvalue weighted by atomic mass is 32.2. The van der Waals surface area contributed by atoms with Gasteiger partial charge in [0, 0.05) is 13.0 Å². The van der Waals surface area contributed by atoms with Crippen molar-refractivity contribution in [3.63, 3.8) is 0 Å². The summed E-state index contributed by atoms with van der Waals surface area (Å²) < 4.78 is 25.9. The van der Waals surface area contributed by atoms with Crippen molar-refractivity contribution in [3.05, 3.63) is 78.4 Å². The van der Waals surface area contributed by atoms with Crippen LogP contribution >= 0.6 is 0 Å². The van der Waals surface area contributed by atoms with Gasteiger partial charge >= 0.3 is 0 Å². The molecule has 0 saturated carbocycles. The zero-order valence-electron chi connectivity index (χ0n) is 20.1. The fraction of sp³-hybridized carbons (Fsp3) is 0.240. The molecule has 0 fully saturated rings. The van der Waals surface area contributed by atoms with Crippen molar-refractivity contribution in [2.75, 3.05) is 6.54 Å². The second-order valence-corrected chi connectivity index (χ2v) is 10.1. The Morgan fingerprint density at radius 2 is 1.54 bits per heavy atom. The number of nitrogens with one attached hydrogen (secondary N) is 3. The van der Waals surface area contributed by atoms with E-state index in [1.54, 1.807) is 12.1 Å². The van der Waals surface area contributed by atoms with Crippen molar-refractivity contribution in [3.8, 4) is 0 Å². The zero-order valence-corrected chi connectivity index (χ0v) is 20.9. The normalized spacial score (nSPS) is 13.0. The van der Waals surface area contributed by atoms with Crippen molar-refractivity contribution in [2.45, 2.75) is 36.2 Å². The smallest absolute Gasteiger partial charge is 0.253 e. The number of nitrogens with two attached hydrogens (primary N) is 3. The van der Waals surface area contributed by atoms with Crippen LogP contribution in [-0.2, 0) is 26.0 Å². The molecule has 0 spiro atoms.